The van der Waals surface area contributed by atoms with E-state index < -0.39 is 11.9 Å². The number of nitrogens with zero attached hydrogens (tertiary/aromatic N) is 5. The zero-order chi connectivity index (χ0) is 24.9. The Labute approximate surface area is 203 Å². The first-order chi connectivity index (χ1) is 16.9. The highest BCUT2D eigenvalue weighted by Gasteiger charge is 2.21. The summed E-state index contributed by atoms with van der Waals surface area (Å²) in [4.78, 5) is 27.0. The van der Waals surface area contributed by atoms with E-state index in [0.29, 0.717) is 30.0 Å². The predicted octanol–water partition coefficient (Wildman–Crippen LogP) is 3.04. The van der Waals surface area contributed by atoms with Crippen LogP contribution < -0.4 is 10.5 Å². The number of aryl methyl sites for hydroxylation is 2. The van der Waals surface area contributed by atoms with Crippen LogP contribution in [0, 0.1) is 19.7 Å². The number of aliphatic hydroxyl groups is 1. The van der Waals surface area contributed by atoms with Crippen LogP contribution in [0.2, 0.25) is 0 Å². The first-order valence-electron chi connectivity index (χ1n) is 11.3. The van der Waals surface area contributed by atoms with Crippen LogP contribution in [0.4, 0.5) is 10.1 Å². The summed E-state index contributed by atoms with van der Waals surface area (Å²) in [6, 6.07) is 9.99. The topological polar surface area (TPSA) is 93.4 Å². The summed E-state index contributed by atoms with van der Waals surface area (Å²) in [6.45, 7) is 6.42. The van der Waals surface area contributed by atoms with Gasteiger partial charge in [0.25, 0.3) is 5.56 Å². The monoisotopic (exact) mass is 477 g/mol. The standard InChI is InChI=1S/C26H28FN5O3/c1-17-4-5-19(32-10-12-35-13-11-32)6-8-28-16-30-24(17)21-15-20(18(2)14-22(21)27)25(34)26-29-9-7-23(33)31(26)3/h4-9,14-16,25,34H,10-13H2,1-3H3. The quantitative estimate of drug-likeness (QED) is 0.617. The van der Waals surface area contributed by atoms with E-state index in [9.17, 15) is 9.90 Å². The Kier molecular flexibility index (Phi) is 7.48. The lowest BCUT2D eigenvalue weighted by molar-refractivity contribution is 0.122. The van der Waals surface area contributed by atoms with Crippen LogP contribution in [0.1, 0.15) is 28.6 Å². The minimum Gasteiger partial charge on any atom is -0.380 e. The Hall–Kier alpha value is -3.69. The van der Waals surface area contributed by atoms with E-state index in [0.717, 1.165) is 24.3 Å². The molecule has 1 aliphatic rings. The van der Waals surface area contributed by atoms with Crippen molar-refractivity contribution < 1.29 is 14.2 Å². The molecule has 1 fully saturated rings. The second kappa shape index (κ2) is 10.7. The third kappa shape index (κ3) is 5.36. The molecule has 35 heavy (non-hydrogen) atoms. The predicted molar refractivity (Wildman–Crippen MR) is 131 cm³/mol. The molecule has 182 valence electrons. The molecule has 1 unspecified atom stereocenters. The Balaban J connectivity index is 1.82. The van der Waals surface area contributed by atoms with Gasteiger partial charge in [-0.05, 0) is 54.8 Å². The third-order valence-corrected chi connectivity index (χ3v) is 6.09. The molecule has 0 radical (unpaired) electrons. The van der Waals surface area contributed by atoms with Crippen molar-refractivity contribution in [1.82, 2.24) is 19.5 Å². The van der Waals surface area contributed by atoms with E-state index in [-0.39, 0.29) is 16.9 Å². The summed E-state index contributed by atoms with van der Waals surface area (Å²) < 4.78 is 21.9. The van der Waals surface area contributed by atoms with Crippen LogP contribution in [-0.4, -0.2) is 50.9 Å². The fourth-order valence-electron chi connectivity index (χ4n) is 4.06. The number of anilines is 1. The summed E-state index contributed by atoms with van der Waals surface area (Å²) in [7, 11) is 1.54. The minimum absolute atomic E-state index is 0.170. The molecule has 1 saturated heterocycles. The van der Waals surface area contributed by atoms with Crippen molar-refractivity contribution in [3.8, 4) is 11.3 Å². The number of aromatic nitrogens is 4. The molecule has 4 rings (SSSR count). The minimum atomic E-state index is -1.22. The molecule has 0 aliphatic carbocycles. The zero-order valence-electron chi connectivity index (χ0n) is 20.0. The molecule has 8 nitrogen and oxygen atoms in total. The van der Waals surface area contributed by atoms with E-state index in [2.05, 4.69) is 19.9 Å². The molecule has 1 aromatic carbocycles. The number of halogens is 1. The van der Waals surface area contributed by atoms with Gasteiger partial charge in [-0.15, -0.1) is 0 Å². The van der Waals surface area contributed by atoms with Gasteiger partial charge < -0.3 is 14.7 Å². The second-order valence-corrected chi connectivity index (χ2v) is 8.39. The summed E-state index contributed by atoms with van der Waals surface area (Å²) in [5, 5.41) is 11.1. The molecule has 2 aromatic heterocycles. The van der Waals surface area contributed by atoms with Gasteiger partial charge >= 0.3 is 0 Å². The van der Waals surface area contributed by atoms with Crippen LogP contribution in [0.25, 0.3) is 11.3 Å². The van der Waals surface area contributed by atoms with Gasteiger partial charge in [0.2, 0.25) is 0 Å². The van der Waals surface area contributed by atoms with E-state index in [1.54, 1.807) is 19.2 Å². The van der Waals surface area contributed by atoms with Crippen molar-refractivity contribution in [2.45, 2.75) is 20.0 Å². The summed E-state index contributed by atoms with van der Waals surface area (Å²) in [6.07, 6.45) is 3.16. The van der Waals surface area contributed by atoms with E-state index in [1.165, 1.54) is 36.3 Å². The Bertz CT molecular complexity index is 1340. The number of benzene rings is 1. The van der Waals surface area contributed by atoms with Gasteiger partial charge in [-0.25, -0.2) is 19.3 Å². The van der Waals surface area contributed by atoms with Gasteiger partial charge in [0, 0.05) is 49.8 Å². The van der Waals surface area contributed by atoms with Gasteiger partial charge in [0.1, 0.15) is 24.1 Å². The maximum Gasteiger partial charge on any atom is 0.253 e. The van der Waals surface area contributed by atoms with Crippen LogP contribution >= 0.6 is 0 Å². The van der Waals surface area contributed by atoms with Crippen molar-refractivity contribution in [3.05, 3.63) is 93.8 Å². The number of morpholine rings is 1. The molecule has 1 atom stereocenters. The van der Waals surface area contributed by atoms with Crippen LogP contribution in [0.5, 0.6) is 0 Å². The molecule has 0 bridgehead atoms. The van der Waals surface area contributed by atoms with Gasteiger partial charge in [-0.3, -0.25) is 9.36 Å². The van der Waals surface area contributed by atoms with Gasteiger partial charge in [-0.2, -0.15) is 0 Å². The van der Waals surface area contributed by atoms with Crippen LogP contribution in [0.15, 0.2) is 59.9 Å². The van der Waals surface area contributed by atoms with Gasteiger partial charge in [0.15, 0.2) is 0 Å². The first kappa shape index (κ1) is 24.4. The average molecular weight is 478 g/mol. The maximum absolute atomic E-state index is 15.2. The van der Waals surface area contributed by atoms with Gasteiger partial charge in [0.05, 0.1) is 18.9 Å². The van der Waals surface area contributed by atoms with Crippen molar-refractivity contribution in [2.24, 2.45) is 7.05 Å². The van der Waals surface area contributed by atoms with Crippen LogP contribution in [0.3, 0.4) is 0 Å². The molecule has 1 N–H and O–H groups in total. The molecule has 9 heteroatoms. The SMILES string of the molecule is Cc1cc(F)c(-c2ncnccc(N3CCOCC3)ccc2C)cc1C(O)c1nccc(=O)n1C. The Morgan fingerprint density at radius 3 is 2.57 bits per heavy atom. The van der Waals surface area contributed by atoms with Crippen molar-refractivity contribution in [2.75, 3.05) is 31.2 Å². The number of aliphatic hydroxyl groups excluding tert-OH is 1. The molecule has 3 heterocycles. The highest BCUT2D eigenvalue weighted by atomic mass is 19.1. The van der Waals surface area contributed by atoms with Crippen molar-refractivity contribution in [1.29, 1.82) is 0 Å². The number of ether oxygens (including phenoxy) is 1. The lowest BCUT2D eigenvalue weighted by Crippen LogP contribution is -2.36. The lowest BCUT2D eigenvalue weighted by Gasteiger charge is -2.28. The Morgan fingerprint density at radius 2 is 1.80 bits per heavy atom. The average Bonchev–Trinajstić information content (AvgIpc) is 2.85. The number of rotatable bonds is 4. The zero-order valence-corrected chi connectivity index (χ0v) is 20.0. The molecular weight excluding hydrogens is 449 g/mol. The number of hydrogen-bond acceptors (Lipinski definition) is 7. The molecule has 1 aliphatic heterocycles. The largest absolute Gasteiger partial charge is 0.380 e. The lowest BCUT2D eigenvalue weighted by atomic mass is 9.96. The third-order valence-electron chi connectivity index (χ3n) is 6.09. The first-order valence-corrected chi connectivity index (χ1v) is 11.3. The van der Waals surface area contributed by atoms with Crippen molar-refractivity contribution in [3.63, 3.8) is 0 Å². The van der Waals surface area contributed by atoms with Crippen molar-refractivity contribution >= 4 is 5.69 Å². The molecule has 0 saturated carbocycles. The fourth-order valence-corrected chi connectivity index (χ4v) is 4.06. The Morgan fingerprint density at radius 1 is 1.03 bits per heavy atom. The van der Waals surface area contributed by atoms with E-state index >= 15 is 4.39 Å². The smallest absolute Gasteiger partial charge is 0.253 e. The van der Waals surface area contributed by atoms with E-state index in [1.807, 2.05) is 25.1 Å². The normalized spacial score (nSPS) is 14.4. The highest BCUT2D eigenvalue weighted by molar-refractivity contribution is 5.65. The molecular formula is C26H28FN5O3. The van der Waals surface area contributed by atoms with Gasteiger partial charge in [-0.1, -0.05) is 6.07 Å². The maximum atomic E-state index is 15.2. The summed E-state index contributed by atoms with van der Waals surface area (Å²) in [5.41, 5.74) is 2.98. The number of hydrogen-bond donors (Lipinski definition) is 1. The summed E-state index contributed by atoms with van der Waals surface area (Å²) in [5.74, 6) is -0.304. The molecule has 3 aromatic rings. The fraction of sp³-hybridized carbons (Fsp3) is 0.308. The molecule has 0 spiro atoms. The molecule has 0 amide bonds. The van der Waals surface area contributed by atoms with E-state index in [4.69, 9.17) is 4.74 Å². The van der Waals surface area contributed by atoms with Crippen LogP contribution in [-0.2, 0) is 11.8 Å². The second-order valence-electron chi connectivity index (χ2n) is 8.39. The highest BCUT2D eigenvalue weighted by Crippen LogP contribution is 2.31. The summed E-state index contributed by atoms with van der Waals surface area (Å²) >= 11 is 0.